The number of benzene rings is 2. The molecule has 2 N–H and O–H groups in total. The molecule has 1 heterocycles. The fourth-order valence-electron chi connectivity index (χ4n) is 2.06. The maximum Gasteiger partial charge on any atom is 0.354 e. The summed E-state index contributed by atoms with van der Waals surface area (Å²) < 4.78 is 0. The molecule has 0 unspecified atom stereocenters. The summed E-state index contributed by atoms with van der Waals surface area (Å²) in [5.41, 5.74) is 0.476. The summed E-state index contributed by atoms with van der Waals surface area (Å²) in [7, 11) is 0. The molecular weight excluding hydrogens is 230 g/mol. The van der Waals surface area contributed by atoms with Crippen molar-refractivity contribution in [3.63, 3.8) is 0 Å². The van der Waals surface area contributed by atoms with Crippen molar-refractivity contribution < 1.29 is 15.0 Å². The highest BCUT2D eigenvalue weighted by Crippen LogP contribution is 2.30. The normalized spacial score (nSPS) is 10.9. The van der Waals surface area contributed by atoms with E-state index >= 15 is 0 Å². The molecular formula is C14H9NO3. The van der Waals surface area contributed by atoms with E-state index in [0.717, 1.165) is 10.8 Å². The lowest BCUT2D eigenvalue weighted by atomic mass is 10.0. The average molecular weight is 239 g/mol. The van der Waals surface area contributed by atoms with Crippen molar-refractivity contribution in [1.82, 2.24) is 4.98 Å². The number of hydrogen-bond donors (Lipinski definition) is 2. The molecule has 2 aromatic carbocycles. The van der Waals surface area contributed by atoms with E-state index in [1.54, 1.807) is 18.2 Å². The zero-order valence-electron chi connectivity index (χ0n) is 9.29. The van der Waals surface area contributed by atoms with Crippen LogP contribution >= 0.6 is 0 Å². The van der Waals surface area contributed by atoms with E-state index in [9.17, 15) is 9.90 Å². The molecule has 0 atom stereocenters. The minimum absolute atomic E-state index is 0.0294. The van der Waals surface area contributed by atoms with Gasteiger partial charge in [0, 0.05) is 10.8 Å². The van der Waals surface area contributed by atoms with E-state index in [-0.39, 0.29) is 11.4 Å². The molecule has 0 fully saturated rings. The van der Waals surface area contributed by atoms with Gasteiger partial charge in [0.05, 0.1) is 5.52 Å². The van der Waals surface area contributed by atoms with Crippen molar-refractivity contribution >= 4 is 27.6 Å². The molecule has 4 heteroatoms. The molecule has 18 heavy (non-hydrogen) atoms. The molecule has 0 aliphatic heterocycles. The number of fused-ring (bicyclic) bond motifs is 3. The van der Waals surface area contributed by atoms with Crippen LogP contribution in [0.5, 0.6) is 5.75 Å². The first kappa shape index (κ1) is 10.5. The highest BCUT2D eigenvalue weighted by Gasteiger charge is 2.10. The van der Waals surface area contributed by atoms with Crippen LogP contribution in [0.15, 0.2) is 42.5 Å². The second kappa shape index (κ2) is 3.70. The maximum atomic E-state index is 10.9. The monoisotopic (exact) mass is 239 g/mol. The van der Waals surface area contributed by atoms with Gasteiger partial charge >= 0.3 is 5.97 Å². The van der Waals surface area contributed by atoms with Crippen molar-refractivity contribution in [2.45, 2.75) is 0 Å². The molecule has 1 aromatic heterocycles. The summed E-state index contributed by atoms with van der Waals surface area (Å²) >= 11 is 0. The quantitative estimate of drug-likeness (QED) is 0.640. The van der Waals surface area contributed by atoms with E-state index in [1.165, 1.54) is 6.07 Å². The largest absolute Gasteiger partial charge is 0.507 e. The van der Waals surface area contributed by atoms with Gasteiger partial charge < -0.3 is 10.2 Å². The molecule has 0 radical (unpaired) electrons. The van der Waals surface area contributed by atoms with Crippen LogP contribution < -0.4 is 0 Å². The molecule has 0 aliphatic carbocycles. The van der Waals surface area contributed by atoms with Crippen LogP contribution in [0.25, 0.3) is 21.7 Å². The van der Waals surface area contributed by atoms with Crippen molar-refractivity contribution in [1.29, 1.82) is 0 Å². The van der Waals surface area contributed by atoms with Gasteiger partial charge in [0.2, 0.25) is 0 Å². The number of phenolic OH excluding ortho intramolecular Hbond substituents is 1. The predicted octanol–water partition coefficient (Wildman–Crippen LogP) is 2.79. The maximum absolute atomic E-state index is 10.9. The van der Waals surface area contributed by atoms with Gasteiger partial charge in [0.25, 0.3) is 0 Å². The van der Waals surface area contributed by atoms with Gasteiger partial charge in [-0.3, -0.25) is 0 Å². The lowest BCUT2D eigenvalue weighted by Gasteiger charge is -2.05. The lowest BCUT2D eigenvalue weighted by molar-refractivity contribution is 0.0691. The number of aromatic nitrogens is 1. The van der Waals surface area contributed by atoms with Crippen LogP contribution in [0, 0.1) is 0 Å². The SMILES string of the molecule is O=C(O)c1ccc2ccc3cccc(O)c3c2n1. The third kappa shape index (κ3) is 1.47. The van der Waals surface area contributed by atoms with Gasteiger partial charge in [-0.2, -0.15) is 0 Å². The molecule has 0 aliphatic rings. The van der Waals surface area contributed by atoms with Crippen molar-refractivity contribution in [3.05, 3.63) is 48.2 Å². The molecule has 0 saturated heterocycles. The molecule has 88 valence electrons. The molecule has 0 amide bonds. The topological polar surface area (TPSA) is 70.4 Å². The van der Waals surface area contributed by atoms with Crippen molar-refractivity contribution in [2.24, 2.45) is 0 Å². The van der Waals surface area contributed by atoms with Gasteiger partial charge in [-0.1, -0.05) is 30.3 Å². The van der Waals surface area contributed by atoms with Gasteiger partial charge in [0.1, 0.15) is 11.4 Å². The number of phenols is 1. The van der Waals surface area contributed by atoms with Crippen LogP contribution in [0.1, 0.15) is 10.5 Å². The summed E-state index contributed by atoms with van der Waals surface area (Å²) in [6.45, 7) is 0. The number of aromatic carboxylic acids is 1. The highest BCUT2D eigenvalue weighted by molar-refractivity contribution is 6.09. The van der Waals surface area contributed by atoms with Crippen molar-refractivity contribution in [3.8, 4) is 5.75 Å². The lowest BCUT2D eigenvalue weighted by Crippen LogP contribution is -1.99. The number of hydrogen-bond acceptors (Lipinski definition) is 3. The molecule has 4 nitrogen and oxygen atoms in total. The Bertz CT molecular complexity index is 780. The standard InChI is InChI=1S/C14H9NO3/c16-11-3-1-2-8-4-5-9-6-7-10(14(17)18)15-13(9)12(8)11/h1-7,16H,(H,17,18). The van der Waals surface area contributed by atoms with Crippen LogP contribution in [-0.4, -0.2) is 21.2 Å². The smallest absolute Gasteiger partial charge is 0.354 e. The molecule has 3 aromatic rings. The highest BCUT2D eigenvalue weighted by atomic mass is 16.4. The summed E-state index contributed by atoms with van der Waals surface area (Å²) in [6.07, 6.45) is 0. The Balaban J connectivity index is 2.51. The summed E-state index contributed by atoms with van der Waals surface area (Å²) in [5.74, 6) is -0.975. The number of carboxylic acids is 1. The Morgan fingerprint density at radius 2 is 1.72 bits per heavy atom. The van der Waals surface area contributed by atoms with E-state index in [4.69, 9.17) is 5.11 Å². The van der Waals surface area contributed by atoms with Crippen molar-refractivity contribution in [2.75, 3.05) is 0 Å². The third-order valence-electron chi connectivity index (χ3n) is 2.90. The van der Waals surface area contributed by atoms with Crippen LogP contribution in [-0.2, 0) is 0 Å². The number of carboxylic acid groups (broad SMARTS) is 1. The van der Waals surface area contributed by atoms with Crippen LogP contribution in [0.3, 0.4) is 0 Å². The number of pyridine rings is 1. The van der Waals surface area contributed by atoms with Gasteiger partial charge in [0.15, 0.2) is 0 Å². The predicted molar refractivity (Wildman–Crippen MR) is 67.9 cm³/mol. The molecule has 0 saturated carbocycles. The summed E-state index contributed by atoms with van der Waals surface area (Å²) in [6, 6.07) is 12.0. The Morgan fingerprint density at radius 3 is 2.50 bits per heavy atom. The minimum atomic E-state index is -1.08. The number of nitrogens with zero attached hydrogens (tertiary/aromatic N) is 1. The second-order valence-corrected chi connectivity index (χ2v) is 4.01. The first-order valence-corrected chi connectivity index (χ1v) is 5.41. The molecule has 0 bridgehead atoms. The number of aromatic hydroxyl groups is 1. The number of rotatable bonds is 1. The van der Waals surface area contributed by atoms with Gasteiger partial charge in [-0.25, -0.2) is 9.78 Å². The molecule has 3 rings (SSSR count). The van der Waals surface area contributed by atoms with E-state index < -0.39 is 5.97 Å². The zero-order chi connectivity index (χ0) is 12.7. The van der Waals surface area contributed by atoms with E-state index in [0.29, 0.717) is 10.9 Å². The number of carbonyl (C=O) groups is 1. The van der Waals surface area contributed by atoms with E-state index in [2.05, 4.69) is 4.98 Å². The third-order valence-corrected chi connectivity index (χ3v) is 2.90. The summed E-state index contributed by atoms with van der Waals surface area (Å²) in [4.78, 5) is 15.0. The first-order chi connectivity index (χ1) is 8.66. The van der Waals surface area contributed by atoms with E-state index in [1.807, 2.05) is 18.2 Å². The Morgan fingerprint density at radius 1 is 1.00 bits per heavy atom. The van der Waals surface area contributed by atoms with Crippen LogP contribution in [0.2, 0.25) is 0 Å². The zero-order valence-corrected chi connectivity index (χ0v) is 9.29. The average Bonchev–Trinajstić information content (AvgIpc) is 2.37. The van der Waals surface area contributed by atoms with Crippen LogP contribution in [0.4, 0.5) is 0 Å². The van der Waals surface area contributed by atoms with Gasteiger partial charge in [-0.05, 0) is 17.5 Å². The summed E-state index contributed by atoms with van der Waals surface area (Å²) in [5, 5.41) is 21.1. The fourth-order valence-corrected chi connectivity index (χ4v) is 2.06. The second-order valence-electron chi connectivity index (χ2n) is 4.01. The first-order valence-electron chi connectivity index (χ1n) is 5.41. The Labute approximate surface area is 102 Å². The minimum Gasteiger partial charge on any atom is -0.507 e. The van der Waals surface area contributed by atoms with Gasteiger partial charge in [-0.15, -0.1) is 0 Å². The Hall–Kier alpha value is -2.62. The Kier molecular flexibility index (Phi) is 2.16. The molecule has 0 spiro atoms. The fraction of sp³-hybridized carbons (Fsp3) is 0.